The normalized spacial score (nSPS) is 17.0. The molecule has 1 unspecified atom stereocenters. The van der Waals surface area contributed by atoms with E-state index >= 15 is 0 Å². The van der Waals surface area contributed by atoms with Crippen LogP contribution in [0.5, 0.6) is 5.75 Å². The van der Waals surface area contributed by atoms with Crippen LogP contribution in [0, 0.1) is 0 Å². The molecule has 3 rings (SSSR count). The van der Waals surface area contributed by atoms with E-state index in [1.807, 2.05) is 38.1 Å². The van der Waals surface area contributed by atoms with Crippen LogP contribution in [0.25, 0.3) is 0 Å². The standard InChI is InChI=1S/C15H18N6O2/c1-8(2)23-11-6-4-5-10(7-11)13-12(14(16)22)9(3)17-15-18-19-20-21(13)15/h4-8,13H,1-3H3,(H2,16,22)(H,17,18,20). The molecule has 0 saturated carbocycles. The highest BCUT2D eigenvalue weighted by atomic mass is 16.5. The van der Waals surface area contributed by atoms with Crippen molar-refractivity contribution < 1.29 is 9.53 Å². The summed E-state index contributed by atoms with van der Waals surface area (Å²) in [7, 11) is 0. The summed E-state index contributed by atoms with van der Waals surface area (Å²) in [5.41, 5.74) is 7.47. The highest BCUT2D eigenvalue weighted by Gasteiger charge is 2.33. The van der Waals surface area contributed by atoms with Gasteiger partial charge in [0.1, 0.15) is 11.8 Å². The Bertz CT molecular complexity index is 780. The Kier molecular flexibility index (Phi) is 3.73. The smallest absolute Gasteiger partial charge is 0.248 e. The minimum absolute atomic E-state index is 0.0507. The number of carbonyl (C=O) groups excluding carboxylic acids is 1. The zero-order chi connectivity index (χ0) is 16.6. The number of rotatable bonds is 4. The number of anilines is 1. The lowest BCUT2D eigenvalue weighted by Crippen LogP contribution is -2.31. The molecule has 23 heavy (non-hydrogen) atoms. The first-order chi connectivity index (χ1) is 11.0. The quantitative estimate of drug-likeness (QED) is 0.879. The van der Waals surface area contributed by atoms with Gasteiger partial charge in [-0.25, -0.2) is 0 Å². The maximum atomic E-state index is 12.0. The number of ether oxygens (including phenoxy) is 1. The third-order valence-corrected chi connectivity index (χ3v) is 3.53. The predicted octanol–water partition coefficient (Wildman–Crippen LogP) is 1.23. The molecule has 2 aromatic rings. The zero-order valence-electron chi connectivity index (χ0n) is 13.1. The van der Waals surface area contributed by atoms with Gasteiger partial charge in [0.05, 0.1) is 11.7 Å². The number of hydrogen-bond donors (Lipinski definition) is 2. The van der Waals surface area contributed by atoms with Crippen LogP contribution in [0.4, 0.5) is 5.95 Å². The summed E-state index contributed by atoms with van der Waals surface area (Å²) < 4.78 is 7.27. The fourth-order valence-corrected chi connectivity index (χ4v) is 2.67. The second kappa shape index (κ2) is 5.71. The Hall–Kier alpha value is -2.90. The number of nitrogens with two attached hydrogens (primary N) is 1. The minimum Gasteiger partial charge on any atom is -0.491 e. The molecule has 0 radical (unpaired) electrons. The van der Waals surface area contributed by atoms with E-state index in [0.29, 0.717) is 23.0 Å². The van der Waals surface area contributed by atoms with Gasteiger partial charge in [-0.1, -0.05) is 17.2 Å². The van der Waals surface area contributed by atoms with Gasteiger partial charge in [-0.05, 0) is 48.9 Å². The molecule has 3 N–H and O–H groups in total. The first-order valence-electron chi connectivity index (χ1n) is 7.29. The minimum atomic E-state index is -0.517. The zero-order valence-corrected chi connectivity index (χ0v) is 13.1. The van der Waals surface area contributed by atoms with Crippen LogP contribution in [0.3, 0.4) is 0 Å². The van der Waals surface area contributed by atoms with Gasteiger partial charge in [0.15, 0.2) is 0 Å². The molecule has 8 nitrogen and oxygen atoms in total. The second-order valence-corrected chi connectivity index (χ2v) is 5.62. The van der Waals surface area contributed by atoms with E-state index in [1.54, 1.807) is 11.6 Å². The number of nitrogens with one attached hydrogen (secondary N) is 1. The molecule has 1 aromatic carbocycles. The first-order valence-corrected chi connectivity index (χ1v) is 7.29. The van der Waals surface area contributed by atoms with E-state index in [2.05, 4.69) is 20.8 Å². The van der Waals surface area contributed by atoms with Gasteiger partial charge in [0, 0.05) is 5.70 Å². The fraction of sp³-hybridized carbons (Fsp3) is 0.333. The van der Waals surface area contributed by atoms with E-state index in [-0.39, 0.29) is 6.10 Å². The number of aromatic nitrogens is 4. The van der Waals surface area contributed by atoms with Gasteiger partial charge >= 0.3 is 0 Å². The number of carbonyl (C=O) groups is 1. The Morgan fingerprint density at radius 3 is 2.91 bits per heavy atom. The summed E-state index contributed by atoms with van der Waals surface area (Å²) in [4.78, 5) is 12.0. The van der Waals surface area contributed by atoms with Gasteiger partial charge in [-0.2, -0.15) is 4.68 Å². The summed E-state index contributed by atoms with van der Waals surface area (Å²) in [5, 5.41) is 14.6. The highest BCUT2D eigenvalue weighted by molar-refractivity contribution is 5.95. The van der Waals surface area contributed by atoms with E-state index in [4.69, 9.17) is 10.5 Å². The molecule has 1 aliphatic rings. The van der Waals surface area contributed by atoms with Gasteiger partial charge in [0.2, 0.25) is 11.9 Å². The molecule has 0 spiro atoms. The summed E-state index contributed by atoms with van der Waals surface area (Å²) in [6.45, 7) is 5.69. The van der Waals surface area contributed by atoms with E-state index in [1.165, 1.54) is 0 Å². The number of primary amides is 1. The topological polar surface area (TPSA) is 108 Å². The third-order valence-electron chi connectivity index (χ3n) is 3.53. The maximum Gasteiger partial charge on any atom is 0.248 e. The lowest BCUT2D eigenvalue weighted by Gasteiger charge is -2.27. The Morgan fingerprint density at radius 1 is 1.43 bits per heavy atom. The molecule has 0 bridgehead atoms. The van der Waals surface area contributed by atoms with Crippen molar-refractivity contribution in [3.8, 4) is 5.75 Å². The van der Waals surface area contributed by atoms with Crippen LogP contribution >= 0.6 is 0 Å². The van der Waals surface area contributed by atoms with Crippen LogP contribution in [-0.4, -0.2) is 32.2 Å². The average Bonchev–Trinajstić information content (AvgIpc) is 2.92. The summed E-state index contributed by atoms with van der Waals surface area (Å²) in [6.07, 6.45) is 0.0507. The number of hydrogen-bond acceptors (Lipinski definition) is 6. The van der Waals surface area contributed by atoms with Crippen molar-refractivity contribution in [2.24, 2.45) is 5.73 Å². The SMILES string of the molecule is CC1=C(C(N)=O)C(c2cccc(OC(C)C)c2)n2nnnc2N1. The van der Waals surface area contributed by atoms with Gasteiger partial charge < -0.3 is 15.8 Å². The Labute approximate surface area is 133 Å². The lowest BCUT2D eigenvalue weighted by atomic mass is 9.95. The number of tetrazole rings is 1. The highest BCUT2D eigenvalue weighted by Crippen LogP contribution is 2.35. The summed E-state index contributed by atoms with van der Waals surface area (Å²) >= 11 is 0. The molecule has 2 heterocycles. The Morgan fingerprint density at radius 2 is 2.22 bits per heavy atom. The van der Waals surface area contributed by atoms with Crippen molar-refractivity contribution >= 4 is 11.9 Å². The largest absolute Gasteiger partial charge is 0.491 e. The van der Waals surface area contributed by atoms with Gasteiger partial charge in [-0.3, -0.25) is 4.79 Å². The number of fused-ring (bicyclic) bond motifs is 1. The molecule has 1 aliphatic heterocycles. The van der Waals surface area contributed by atoms with Crippen LogP contribution in [0.15, 0.2) is 35.5 Å². The maximum absolute atomic E-state index is 12.0. The molecule has 1 atom stereocenters. The van der Waals surface area contributed by atoms with Crippen molar-refractivity contribution in [2.45, 2.75) is 32.9 Å². The van der Waals surface area contributed by atoms with Crippen molar-refractivity contribution in [3.05, 3.63) is 41.1 Å². The van der Waals surface area contributed by atoms with Crippen LogP contribution in [-0.2, 0) is 4.79 Å². The van der Waals surface area contributed by atoms with Crippen LogP contribution < -0.4 is 15.8 Å². The molecule has 120 valence electrons. The van der Waals surface area contributed by atoms with Gasteiger partial charge in [-0.15, -0.1) is 0 Å². The fourth-order valence-electron chi connectivity index (χ4n) is 2.67. The molecule has 0 saturated heterocycles. The van der Waals surface area contributed by atoms with Gasteiger partial charge in [0.25, 0.3) is 0 Å². The third kappa shape index (κ3) is 2.75. The average molecular weight is 314 g/mol. The number of amides is 1. The molecular weight excluding hydrogens is 296 g/mol. The van der Waals surface area contributed by atoms with Crippen molar-refractivity contribution in [3.63, 3.8) is 0 Å². The van der Waals surface area contributed by atoms with E-state index in [0.717, 1.165) is 5.56 Å². The number of allylic oxidation sites excluding steroid dienone is 1. The molecule has 8 heteroatoms. The molecule has 1 amide bonds. The van der Waals surface area contributed by atoms with E-state index < -0.39 is 11.9 Å². The predicted molar refractivity (Wildman–Crippen MR) is 83.7 cm³/mol. The number of benzene rings is 1. The molecule has 0 aliphatic carbocycles. The summed E-state index contributed by atoms with van der Waals surface area (Å²) in [5.74, 6) is 0.663. The van der Waals surface area contributed by atoms with Crippen molar-refractivity contribution in [2.75, 3.05) is 5.32 Å². The first kappa shape index (κ1) is 15.0. The summed E-state index contributed by atoms with van der Waals surface area (Å²) in [6, 6.07) is 7.01. The monoisotopic (exact) mass is 314 g/mol. The second-order valence-electron chi connectivity index (χ2n) is 5.62. The molecule has 1 aromatic heterocycles. The Balaban J connectivity index is 2.11. The molecule has 0 fully saturated rings. The van der Waals surface area contributed by atoms with E-state index in [9.17, 15) is 4.79 Å². The lowest BCUT2D eigenvalue weighted by molar-refractivity contribution is -0.115. The molecular formula is C15H18N6O2. The number of nitrogens with zero attached hydrogens (tertiary/aromatic N) is 4. The van der Waals surface area contributed by atoms with Crippen molar-refractivity contribution in [1.29, 1.82) is 0 Å². The van der Waals surface area contributed by atoms with Crippen LogP contribution in [0.2, 0.25) is 0 Å². The van der Waals surface area contributed by atoms with Crippen LogP contribution in [0.1, 0.15) is 32.4 Å². The van der Waals surface area contributed by atoms with Crippen molar-refractivity contribution in [1.82, 2.24) is 20.2 Å².